The highest BCUT2D eigenvalue weighted by molar-refractivity contribution is 5.87. The van der Waals surface area contributed by atoms with Crippen molar-refractivity contribution in [2.75, 3.05) is 13.1 Å². The van der Waals surface area contributed by atoms with Gasteiger partial charge in [0.1, 0.15) is 5.75 Å². The molecule has 0 saturated carbocycles. The number of aliphatic hydroxyl groups is 1. The molecular weight excluding hydrogens is 478 g/mol. The molecule has 0 bridgehead atoms. The largest absolute Gasteiger partial charge is 0.506 e. The summed E-state index contributed by atoms with van der Waals surface area (Å²) in [7, 11) is 0. The normalized spacial score (nSPS) is 12.8. The number of aromatic hydroxyl groups is 1. The molecule has 0 aliphatic carbocycles. The average molecular weight is 514 g/mol. The first-order valence-electron chi connectivity index (χ1n) is 13.0. The lowest BCUT2D eigenvalue weighted by Crippen LogP contribution is -2.32. The summed E-state index contributed by atoms with van der Waals surface area (Å²) in [5.74, 6) is -0.0114. The van der Waals surface area contributed by atoms with Crippen molar-refractivity contribution in [3.63, 3.8) is 0 Å². The second-order valence-corrected chi connectivity index (χ2v) is 9.75. The van der Waals surface area contributed by atoms with Gasteiger partial charge in [-0.3, -0.25) is 9.59 Å². The summed E-state index contributed by atoms with van der Waals surface area (Å²) in [6.45, 7) is 3.01. The van der Waals surface area contributed by atoms with Crippen molar-refractivity contribution in [1.29, 1.82) is 0 Å². The van der Waals surface area contributed by atoms with Gasteiger partial charge < -0.3 is 25.8 Å². The Morgan fingerprint density at radius 2 is 1.71 bits per heavy atom. The number of phenols is 1. The summed E-state index contributed by atoms with van der Waals surface area (Å²) in [6, 6.07) is 24.5. The Morgan fingerprint density at radius 1 is 0.947 bits per heavy atom. The van der Waals surface area contributed by atoms with E-state index >= 15 is 0 Å². The van der Waals surface area contributed by atoms with Gasteiger partial charge in [0.25, 0.3) is 0 Å². The van der Waals surface area contributed by atoms with Crippen LogP contribution < -0.4 is 16.2 Å². The number of aryl methyl sites for hydroxylation is 1. The number of carbonyl (C=O) groups excluding carboxylic acids is 1. The zero-order chi connectivity index (χ0) is 26.9. The fraction of sp³-hybridized carbons (Fsp3) is 0.290. The topological polar surface area (TPSA) is 114 Å². The molecular formula is C31H35N3O4. The molecule has 5 N–H and O–H groups in total. The molecule has 4 aromatic rings. The summed E-state index contributed by atoms with van der Waals surface area (Å²) in [5.41, 5.74) is 4.00. The number of fused-ring (bicyclic) bond motifs is 1. The Bertz CT molecular complexity index is 1420. The van der Waals surface area contributed by atoms with Crippen LogP contribution >= 0.6 is 0 Å². The van der Waals surface area contributed by atoms with E-state index in [0.717, 1.165) is 30.4 Å². The highest BCUT2D eigenvalue weighted by atomic mass is 16.3. The van der Waals surface area contributed by atoms with Crippen LogP contribution in [0.2, 0.25) is 0 Å². The molecule has 198 valence electrons. The van der Waals surface area contributed by atoms with Gasteiger partial charge in [-0.15, -0.1) is 0 Å². The molecule has 2 atom stereocenters. The quantitative estimate of drug-likeness (QED) is 0.185. The number of aromatic amines is 1. The molecule has 0 aliphatic heterocycles. The molecule has 0 unspecified atom stereocenters. The summed E-state index contributed by atoms with van der Waals surface area (Å²) >= 11 is 0. The standard InChI is InChI=1S/C31H35N3O4/c1-21(33-20-28(36)25-12-14-27(35)31-26(25)13-15-29(37)34-31)17-23-9-5-10-24(18-23)19-30(38)32-16-6-11-22-7-3-2-4-8-22/h2-5,7-10,12-15,18,21,28,33,35-36H,6,11,16-17,19-20H2,1H3,(H,32,38)(H,34,37)/t21-,28+/m1/s1. The number of hydrogen-bond acceptors (Lipinski definition) is 5. The van der Waals surface area contributed by atoms with Crippen LogP contribution in [0, 0.1) is 0 Å². The Kier molecular flexibility index (Phi) is 9.30. The van der Waals surface area contributed by atoms with Crippen molar-refractivity contribution in [2.45, 2.75) is 44.8 Å². The number of rotatable bonds is 12. The number of H-pyrrole nitrogens is 1. The molecule has 4 rings (SSSR count). The van der Waals surface area contributed by atoms with Crippen molar-refractivity contribution >= 4 is 16.8 Å². The van der Waals surface area contributed by atoms with Gasteiger partial charge in [-0.25, -0.2) is 0 Å². The van der Waals surface area contributed by atoms with Gasteiger partial charge >= 0.3 is 0 Å². The smallest absolute Gasteiger partial charge is 0.248 e. The number of amides is 1. The van der Waals surface area contributed by atoms with Crippen LogP contribution in [0.15, 0.2) is 83.7 Å². The Hall–Kier alpha value is -3.94. The van der Waals surface area contributed by atoms with Gasteiger partial charge in [-0.2, -0.15) is 0 Å². The van der Waals surface area contributed by atoms with Crippen molar-refractivity contribution in [2.24, 2.45) is 0 Å². The molecule has 7 nitrogen and oxygen atoms in total. The minimum Gasteiger partial charge on any atom is -0.506 e. The maximum Gasteiger partial charge on any atom is 0.248 e. The van der Waals surface area contributed by atoms with Crippen LogP contribution in [0.3, 0.4) is 0 Å². The molecule has 0 radical (unpaired) electrons. The number of pyridine rings is 1. The molecule has 7 heteroatoms. The SMILES string of the molecule is C[C@H](Cc1cccc(CC(=O)NCCCc2ccccc2)c1)NC[C@H](O)c1ccc(O)c2[nH]c(=O)ccc12. The van der Waals surface area contributed by atoms with E-state index in [4.69, 9.17) is 0 Å². The van der Waals surface area contributed by atoms with Gasteiger partial charge in [0.15, 0.2) is 0 Å². The lowest BCUT2D eigenvalue weighted by Gasteiger charge is -2.19. The van der Waals surface area contributed by atoms with E-state index in [1.165, 1.54) is 17.7 Å². The van der Waals surface area contributed by atoms with E-state index in [-0.39, 0.29) is 23.3 Å². The highest BCUT2D eigenvalue weighted by Gasteiger charge is 2.15. The third-order valence-corrected chi connectivity index (χ3v) is 6.63. The van der Waals surface area contributed by atoms with E-state index in [1.54, 1.807) is 12.1 Å². The van der Waals surface area contributed by atoms with Gasteiger partial charge in [0, 0.05) is 30.6 Å². The van der Waals surface area contributed by atoms with Gasteiger partial charge in [-0.1, -0.05) is 60.7 Å². The lowest BCUT2D eigenvalue weighted by molar-refractivity contribution is -0.120. The summed E-state index contributed by atoms with van der Waals surface area (Å²) in [6.07, 6.45) is 2.11. The minimum absolute atomic E-state index is 0.0203. The van der Waals surface area contributed by atoms with Crippen LogP contribution in [0.5, 0.6) is 5.75 Å². The fourth-order valence-electron chi connectivity index (χ4n) is 4.68. The predicted molar refractivity (Wildman–Crippen MR) is 150 cm³/mol. The fourth-order valence-corrected chi connectivity index (χ4v) is 4.68. The Morgan fingerprint density at radius 3 is 2.53 bits per heavy atom. The molecule has 1 aromatic heterocycles. The molecule has 0 spiro atoms. The van der Waals surface area contributed by atoms with Crippen LogP contribution in [0.25, 0.3) is 10.9 Å². The van der Waals surface area contributed by atoms with Gasteiger partial charge in [-0.05, 0) is 60.6 Å². The third-order valence-electron chi connectivity index (χ3n) is 6.63. The molecule has 1 heterocycles. The van der Waals surface area contributed by atoms with E-state index in [2.05, 4.69) is 33.8 Å². The maximum atomic E-state index is 12.4. The zero-order valence-electron chi connectivity index (χ0n) is 21.6. The first kappa shape index (κ1) is 27.1. The number of nitrogens with one attached hydrogen (secondary N) is 3. The number of carbonyl (C=O) groups is 1. The molecule has 3 aromatic carbocycles. The average Bonchev–Trinajstić information content (AvgIpc) is 2.91. The number of benzene rings is 3. The first-order valence-corrected chi connectivity index (χ1v) is 13.0. The van der Waals surface area contributed by atoms with Crippen molar-refractivity contribution in [3.05, 3.63) is 111 Å². The summed E-state index contributed by atoms with van der Waals surface area (Å²) in [4.78, 5) is 26.7. The summed E-state index contributed by atoms with van der Waals surface area (Å²) in [5, 5.41) is 27.9. The van der Waals surface area contributed by atoms with E-state index in [9.17, 15) is 19.8 Å². The number of phenolic OH excluding ortho intramolecular Hbond substituents is 1. The van der Waals surface area contributed by atoms with E-state index in [0.29, 0.717) is 36.0 Å². The second-order valence-electron chi connectivity index (χ2n) is 9.75. The van der Waals surface area contributed by atoms with Crippen molar-refractivity contribution in [1.82, 2.24) is 15.6 Å². The predicted octanol–water partition coefficient (Wildman–Crippen LogP) is 3.78. The molecule has 0 fully saturated rings. The van der Waals surface area contributed by atoms with Gasteiger partial charge in [0.05, 0.1) is 18.0 Å². The maximum absolute atomic E-state index is 12.4. The Balaban J connectivity index is 1.25. The Labute approximate surface area is 222 Å². The molecule has 0 saturated heterocycles. The number of aromatic nitrogens is 1. The van der Waals surface area contributed by atoms with Gasteiger partial charge in [0.2, 0.25) is 11.5 Å². The minimum atomic E-state index is -0.816. The van der Waals surface area contributed by atoms with Crippen LogP contribution in [-0.2, 0) is 24.1 Å². The number of aliphatic hydroxyl groups excluding tert-OH is 1. The molecule has 0 aliphatic rings. The van der Waals surface area contributed by atoms with E-state index in [1.807, 2.05) is 43.3 Å². The zero-order valence-corrected chi connectivity index (χ0v) is 21.6. The number of hydrogen-bond donors (Lipinski definition) is 5. The third kappa shape index (κ3) is 7.54. The highest BCUT2D eigenvalue weighted by Crippen LogP contribution is 2.28. The molecule has 38 heavy (non-hydrogen) atoms. The molecule has 1 amide bonds. The first-order chi connectivity index (χ1) is 18.4. The van der Waals surface area contributed by atoms with Crippen LogP contribution in [0.4, 0.5) is 0 Å². The lowest BCUT2D eigenvalue weighted by atomic mass is 10.0. The van der Waals surface area contributed by atoms with Crippen molar-refractivity contribution < 1.29 is 15.0 Å². The monoisotopic (exact) mass is 513 g/mol. The van der Waals surface area contributed by atoms with Crippen molar-refractivity contribution in [3.8, 4) is 5.75 Å². The second kappa shape index (κ2) is 13.0. The van der Waals surface area contributed by atoms with Crippen LogP contribution in [-0.4, -0.2) is 40.2 Å². The van der Waals surface area contributed by atoms with E-state index < -0.39 is 6.10 Å². The summed E-state index contributed by atoms with van der Waals surface area (Å²) < 4.78 is 0. The van der Waals surface area contributed by atoms with Crippen LogP contribution in [0.1, 0.15) is 41.7 Å².